The molecule has 4 heteroatoms. The zero-order valence-corrected chi connectivity index (χ0v) is 8.25. The Hall–Kier alpha value is -1.16. The predicted molar refractivity (Wildman–Crippen MR) is 53.8 cm³/mol. The quantitative estimate of drug-likeness (QED) is 0.744. The second-order valence-electron chi connectivity index (χ2n) is 3.22. The molecular weight excluding hydrogens is 200 g/mol. The molecule has 1 atom stereocenters. The summed E-state index contributed by atoms with van der Waals surface area (Å²) in [5.74, 6) is -0.504. The van der Waals surface area contributed by atoms with Gasteiger partial charge in [0.2, 0.25) is 0 Å². The van der Waals surface area contributed by atoms with Crippen LogP contribution in [0, 0.1) is 0 Å². The fraction of sp³-hybridized carbons (Fsp3) is 0.300. The molecule has 14 heavy (non-hydrogen) atoms. The highest BCUT2D eigenvalue weighted by Gasteiger charge is 2.28. The molecule has 1 aliphatic rings. The average Bonchev–Trinajstić information content (AvgIpc) is 2.17. The topological polar surface area (TPSA) is 57.5 Å². The van der Waals surface area contributed by atoms with E-state index in [1.165, 1.54) is 0 Å². The molecule has 1 aromatic rings. The second kappa shape index (κ2) is 3.53. The van der Waals surface area contributed by atoms with Crippen molar-refractivity contribution < 1.29 is 15.0 Å². The Balaban J connectivity index is 2.52. The van der Waals surface area contributed by atoms with Crippen molar-refractivity contribution in [2.75, 3.05) is 5.75 Å². The number of phenols is 1. The van der Waals surface area contributed by atoms with E-state index in [4.69, 9.17) is 5.11 Å². The average molecular weight is 210 g/mol. The molecule has 0 amide bonds. The van der Waals surface area contributed by atoms with Crippen LogP contribution >= 0.6 is 11.8 Å². The summed E-state index contributed by atoms with van der Waals surface area (Å²) in [7, 11) is 0. The van der Waals surface area contributed by atoms with Crippen molar-refractivity contribution >= 4 is 17.7 Å². The van der Waals surface area contributed by atoms with E-state index in [-0.39, 0.29) is 5.75 Å². The lowest BCUT2D eigenvalue weighted by Crippen LogP contribution is -2.16. The first-order valence-corrected chi connectivity index (χ1v) is 5.36. The number of benzene rings is 1. The van der Waals surface area contributed by atoms with Gasteiger partial charge in [0.25, 0.3) is 0 Å². The zero-order chi connectivity index (χ0) is 10.1. The van der Waals surface area contributed by atoms with Crippen molar-refractivity contribution in [2.24, 2.45) is 0 Å². The molecule has 1 heterocycles. The maximum Gasteiger partial charge on any atom is 0.311 e. The van der Waals surface area contributed by atoms with Gasteiger partial charge in [-0.3, -0.25) is 4.79 Å². The van der Waals surface area contributed by atoms with E-state index in [0.717, 1.165) is 10.6 Å². The molecule has 2 N–H and O–H groups in total. The summed E-state index contributed by atoms with van der Waals surface area (Å²) in [6.45, 7) is 0. The number of aromatic hydroxyl groups is 1. The van der Waals surface area contributed by atoms with Crippen LogP contribution in [0.1, 0.15) is 17.9 Å². The molecule has 0 spiro atoms. The van der Waals surface area contributed by atoms with E-state index in [1.807, 2.05) is 6.07 Å². The first-order chi connectivity index (χ1) is 6.70. The smallest absolute Gasteiger partial charge is 0.311 e. The highest BCUT2D eigenvalue weighted by molar-refractivity contribution is 7.99. The Morgan fingerprint density at radius 3 is 3.00 bits per heavy atom. The third-order valence-electron chi connectivity index (χ3n) is 2.35. The van der Waals surface area contributed by atoms with Crippen molar-refractivity contribution in [3.63, 3.8) is 0 Å². The summed E-state index contributed by atoms with van der Waals surface area (Å²) < 4.78 is 0. The molecule has 0 aromatic heterocycles. The molecule has 74 valence electrons. The van der Waals surface area contributed by atoms with Gasteiger partial charge in [0.15, 0.2) is 0 Å². The maximum absolute atomic E-state index is 10.9. The molecule has 0 aliphatic carbocycles. The molecule has 1 aromatic carbocycles. The first kappa shape index (κ1) is 9.40. The lowest BCUT2D eigenvalue weighted by molar-refractivity contribution is -0.139. The van der Waals surface area contributed by atoms with Gasteiger partial charge < -0.3 is 10.2 Å². The number of carboxylic acids is 1. The Kier molecular flexibility index (Phi) is 2.37. The first-order valence-electron chi connectivity index (χ1n) is 4.37. The molecule has 0 radical (unpaired) electrons. The van der Waals surface area contributed by atoms with Crippen molar-refractivity contribution in [3.8, 4) is 5.75 Å². The molecule has 0 saturated carbocycles. The van der Waals surface area contributed by atoms with Crippen LogP contribution in [0.15, 0.2) is 23.1 Å². The number of rotatable bonds is 1. The normalized spacial score (nSPS) is 20.1. The molecule has 0 fully saturated rings. The van der Waals surface area contributed by atoms with Crippen LogP contribution in [0.3, 0.4) is 0 Å². The third kappa shape index (κ3) is 1.46. The van der Waals surface area contributed by atoms with E-state index in [0.29, 0.717) is 12.0 Å². The van der Waals surface area contributed by atoms with Gasteiger partial charge in [-0.25, -0.2) is 0 Å². The molecule has 3 nitrogen and oxygen atoms in total. The predicted octanol–water partition coefficient (Wildman–Crippen LogP) is 2.06. The van der Waals surface area contributed by atoms with Gasteiger partial charge in [0, 0.05) is 10.5 Å². The van der Waals surface area contributed by atoms with Gasteiger partial charge in [-0.1, -0.05) is 6.07 Å². The van der Waals surface area contributed by atoms with E-state index in [1.54, 1.807) is 23.9 Å². The van der Waals surface area contributed by atoms with Gasteiger partial charge in [0.05, 0.1) is 5.92 Å². The van der Waals surface area contributed by atoms with Crippen LogP contribution in [0.25, 0.3) is 0 Å². The number of carbonyl (C=O) groups is 1. The highest BCUT2D eigenvalue weighted by Crippen LogP contribution is 2.42. The second-order valence-corrected chi connectivity index (χ2v) is 4.35. The molecular formula is C10H10O3S. The number of fused-ring (bicyclic) bond motifs is 1. The van der Waals surface area contributed by atoms with E-state index < -0.39 is 11.9 Å². The van der Waals surface area contributed by atoms with Crippen LogP contribution in [0.4, 0.5) is 0 Å². The number of phenolic OH excluding ortho intramolecular Hbond substituents is 1. The molecule has 2 rings (SSSR count). The van der Waals surface area contributed by atoms with Crippen molar-refractivity contribution in [3.05, 3.63) is 23.8 Å². The third-order valence-corrected chi connectivity index (χ3v) is 3.46. The summed E-state index contributed by atoms with van der Waals surface area (Å²) in [6.07, 6.45) is 0.588. The fourth-order valence-electron chi connectivity index (χ4n) is 1.69. The van der Waals surface area contributed by atoms with Gasteiger partial charge in [0.1, 0.15) is 5.75 Å². The lowest BCUT2D eigenvalue weighted by atomic mass is 9.95. The van der Waals surface area contributed by atoms with Gasteiger partial charge in [-0.15, -0.1) is 11.8 Å². The number of carboxylic acid groups (broad SMARTS) is 1. The standard InChI is InChI=1S/C10H10O3S/c11-7-2-1-3-8-9(7)6(10(12)13)4-5-14-8/h1-3,6,11H,4-5H2,(H,12,13). The van der Waals surface area contributed by atoms with Crippen LogP contribution < -0.4 is 0 Å². The van der Waals surface area contributed by atoms with Crippen LogP contribution in [0.2, 0.25) is 0 Å². The largest absolute Gasteiger partial charge is 0.508 e. The van der Waals surface area contributed by atoms with Gasteiger partial charge in [-0.05, 0) is 24.3 Å². The minimum absolute atomic E-state index is 0.0992. The van der Waals surface area contributed by atoms with E-state index in [9.17, 15) is 9.90 Å². The van der Waals surface area contributed by atoms with Crippen molar-refractivity contribution in [1.82, 2.24) is 0 Å². The van der Waals surface area contributed by atoms with Gasteiger partial charge in [-0.2, -0.15) is 0 Å². The maximum atomic E-state index is 10.9. The van der Waals surface area contributed by atoms with Crippen LogP contribution in [0.5, 0.6) is 5.75 Å². The minimum Gasteiger partial charge on any atom is -0.508 e. The molecule has 1 aliphatic heterocycles. The van der Waals surface area contributed by atoms with E-state index >= 15 is 0 Å². The van der Waals surface area contributed by atoms with Crippen LogP contribution in [-0.4, -0.2) is 21.9 Å². The van der Waals surface area contributed by atoms with Gasteiger partial charge >= 0.3 is 5.97 Å². The number of hydrogen-bond acceptors (Lipinski definition) is 3. The number of hydrogen-bond donors (Lipinski definition) is 2. The summed E-state index contributed by atoms with van der Waals surface area (Å²) in [4.78, 5) is 11.8. The monoisotopic (exact) mass is 210 g/mol. The Morgan fingerprint density at radius 1 is 1.50 bits per heavy atom. The summed E-state index contributed by atoms with van der Waals surface area (Å²) in [6, 6.07) is 5.14. The minimum atomic E-state index is -0.854. The summed E-state index contributed by atoms with van der Waals surface area (Å²) >= 11 is 1.60. The van der Waals surface area contributed by atoms with Crippen LogP contribution in [-0.2, 0) is 4.79 Å². The highest BCUT2D eigenvalue weighted by atomic mass is 32.2. The van der Waals surface area contributed by atoms with E-state index in [2.05, 4.69) is 0 Å². The van der Waals surface area contributed by atoms with Crippen molar-refractivity contribution in [2.45, 2.75) is 17.2 Å². The molecule has 0 bridgehead atoms. The Morgan fingerprint density at radius 2 is 2.29 bits per heavy atom. The number of thioether (sulfide) groups is 1. The molecule has 1 unspecified atom stereocenters. The SMILES string of the molecule is O=C(O)C1CCSc2cccc(O)c21. The molecule has 0 saturated heterocycles. The lowest BCUT2D eigenvalue weighted by Gasteiger charge is -2.22. The summed E-state index contributed by atoms with van der Waals surface area (Å²) in [5.41, 5.74) is 0.580. The van der Waals surface area contributed by atoms with Crippen molar-refractivity contribution in [1.29, 1.82) is 0 Å². The Labute approximate surface area is 85.8 Å². The summed E-state index contributed by atoms with van der Waals surface area (Å²) in [5, 5.41) is 18.6. The number of aliphatic carboxylic acids is 1. The fourth-order valence-corrected chi connectivity index (χ4v) is 2.84. The zero-order valence-electron chi connectivity index (χ0n) is 7.43. The Bertz CT molecular complexity index is 376.